The lowest BCUT2D eigenvalue weighted by molar-refractivity contribution is 0.181. The minimum absolute atomic E-state index is 0.432. The highest BCUT2D eigenvalue weighted by molar-refractivity contribution is 8.02. The molecule has 1 N–H and O–H groups in total. The first kappa shape index (κ1) is 11.3. The molecule has 2 unspecified atom stereocenters. The van der Waals surface area contributed by atoms with Crippen molar-refractivity contribution in [2.24, 2.45) is 0 Å². The van der Waals surface area contributed by atoms with Gasteiger partial charge < -0.3 is 10.1 Å². The monoisotopic (exact) mass is 203 g/mol. The lowest BCUT2D eigenvalue weighted by Gasteiger charge is -2.45. The summed E-state index contributed by atoms with van der Waals surface area (Å²) in [5.74, 6) is 1.25. The van der Waals surface area contributed by atoms with Crippen LogP contribution in [-0.2, 0) is 4.74 Å². The van der Waals surface area contributed by atoms with Crippen LogP contribution in [0.2, 0.25) is 0 Å². The SMILES string of the molecule is COCCC(C)NC1CSC1(C)C. The molecule has 1 heterocycles. The van der Waals surface area contributed by atoms with Crippen molar-refractivity contribution in [3.8, 4) is 0 Å². The summed E-state index contributed by atoms with van der Waals surface area (Å²) in [5.41, 5.74) is 0. The van der Waals surface area contributed by atoms with Gasteiger partial charge in [-0.2, -0.15) is 11.8 Å². The van der Waals surface area contributed by atoms with Gasteiger partial charge in [0, 0.05) is 36.3 Å². The summed E-state index contributed by atoms with van der Waals surface area (Å²) in [6.07, 6.45) is 1.10. The van der Waals surface area contributed by atoms with Gasteiger partial charge in [-0.1, -0.05) is 0 Å². The molecule has 78 valence electrons. The van der Waals surface area contributed by atoms with E-state index in [9.17, 15) is 0 Å². The van der Waals surface area contributed by atoms with E-state index in [1.54, 1.807) is 7.11 Å². The number of thioether (sulfide) groups is 1. The molecule has 2 nitrogen and oxygen atoms in total. The molecular formula is C10H21NOS. The minimum Gasteiger partial charge on any atom is -0.385 e. The van der Waals surface area contributed by atoms with E-state index in [-0.39, 0.29) is 0 Å². The van der Waals surface area contributed by atoms with E-state index in [1.807, 2.05) is 11.8 Å². The summed E-state index contributed by atoms with van der Waals surface area (Å²) < 4.78 is 5.48. The minimum atomic E-state index is 0.432. The predicted octanol–water partition coefficient (Wildman–Crippen LogP) is 1.89. The third-order valence-electron chi connectivity index (χ3n) is 2.70. The molecule has 1 rings (SSSR count). The Morgan fingerprint density at radius 3 is 2.69 bits per heavy atom. The van der Waals surface area contributed by atoms with Gasteiger partial charge in [0.05, 0.1) is 0 Å². The van der Waals surface area contributed by atoms with E-state index >= 15 is 0 Å². The molecule has 0 bridgehead atoms. The van der Waals surface area contributed by atoms with Gasteiger partial charge >= 0.3 is 0 Å². The van der Waals surface area contributed by atoms with Crippen LogP contribution >= 0.6 is 11.8 Å². The van der Waals surface area contributed by atoms with Crippen molar-refractivity contribution in [2.75, 3.05) is 19.5 Å². The summed E-state index contributed by atoms with van der Waals surface area (Å²) in [7, 11) is 1.76. The highest BCUT2D eigenvalue weighted by atomic mass is 32.2. The van der Waals surface area contributed by atoms with Crippen LogP contribution in [0.1, 0.15) is 27.2 Å². The second-order valence-corrected chi connectivity index (χ2v) is 5.99. The van der Waals surface area contributed by atoms with Gasteiger partial charge in [0.15, 0.2) is 0 Å². The number of hydrogen-bond acceptors (Lipinski definition) is 3. The Kier molecular flexibility index (Phi) is 4.07. The summed E-state index contributed by atoms with van der Waals surface area (Å²) in [6.45, 7) is 7.70. The van der Waals surface area contributed by atoms with Crippen LogP contribution in [0.25, 0.3) is 0 Å². The Morgan fingerprint density at radius 2 is 2.31 bits per heavy atom. The molecule has 1 aliphatic heterocycles. The number of nitrogens with one attached hydrogen (secondary N) is 1. The largest absolute Gasteiger partial charge is 0.385 e. The van der Waals surface area contributed by atoms with Crippen molar-refractivity contribution in [3.05, 3.63) is 0 Å². The molecule has 1 fully saturated rings. The number of hydrogen-bond donors (Lipinski definition) is 1. The van der Waals surface area contributed by atoms with Crippen LogP contribution in [0.4, 0.5) is 0 Å². The molecule has 0 aromatic carbocycles. The van der Waals surface area contributed by atoms with Crippen LogP contribution in [0, 0.1) is 0 Å². The fourth-order valence-electron chi connectivity index (χ4n) is 1.47. The maximum Gasteiger partial charge on any atom is 0.0476 e. The van der Waals surface area contributed by atoms with Gasteiger partial charge in [-0.15, -0.1) is 0 Å². The Morgan fingerprint density at radius 1 is 1.62 bits per heavy atom. The summed E-state index contributed by atoms with van der Waals surface area (Å²) >= 11 is 2.04. The molecule has 2 atom stereocenters. The molecule has 3 heteroatoms. The van der Waals surface area contributed by atoms with Crippen molar-refractivity contribution in [1.29, 1.82) is 0 Å². The maximum atomic E-state index is 5.05. The average Bonchev–Trinajstić information content (AvgIpc) is 2.09. The molecule has 0 saturated carbocycles. The lowest BCUT2D eigenvalue weighted by atomic mass is 10.0. The fourth-order valence-corrected chi connectivity index (χ4v) is 2.63. The summed E-state index contributed by atoms with van der Waals surface area (Å²) in [6, 6.07) is 1.26. The van der Waals surface area contributed by atoms with Crippen LogP contribution in [0.3, 0.4) is 0 Å². The third-order valence-corrected chi connectivity index (χ3v) is 4.23. The fraction of sp³-hybridized carbons (Fsp3) is 1.00. The molecule has 13 heavy (non-hydrogen) atoms. The second-order valence-electron chi connectivity index (χ2n) is 4.32. The molecule has 0 aromatic heterocycles. The molecule has 0 radical (unpaired) electrons. The third kappa shape index (κ3) is 3.15. The topological polar surface area (TPSA) is 21.3 Å². The Labute approximate surface area is 85.8 Å². The van der Waals surface area contributed by atoms with Crippen LogP contribution in [-0.4, -0.2) is 36.3 Å². The van der Waals surface area contributed by atoms with Crippen molar-refractivity contribution < 1.29 is 4.74 Å². The van der Waals surface area contributed by atoms with E-state index in [1.165, 1.54) is 5.75 Å². The van der Waals surface area contributed by atoms with Crippen molar-refractivity contribution in [3.63, 3.8) is 0 Å². The predicted molar refractivity (Wildman–Crippen MR) is 59.4 cm³/mol. The van der Waals surface area contributed by atoms with Crippen LogP contribution in [0.5, 0.6) is 0 Å². The van der Waals surface area contributed by atoms with E-state index in [4.69, 9.17) is 4.74 Å². The van der Waals surface area contributed by atoms with Gasteiger partial charge in [-0.3, -0.25) is 0 Å². The van der Waals surface area contributed by atoms with E-state index in [2.05, 4.69) is 26.1 Å². The molecule has 1 aliphatic rings. The van der Waals surface area contributed by atoms with Gasteiger partial charge in [-0.25, -0.2) is 0 Å². The highest BCUT2D eigenvalue weighted by Crippen LogP contribution is 2.40. The summed E-state index contributed by atoms with van der Waals surface area (Å²) in [4.78, 5) is 0. The average molecular weight is 203 g/mol. The highest BCUT2D eigenvalue weighted by Gasteiger charge is 2.39. The zero-order chi connectivity index (χ0) is 9.90. The van der Waals surface area contributed by atoms with E-state index in [0.29, 0.717) is 16.8 Å². The van der Waals surface area contributed by atoms with Crippen molar-refractivity contribution in [2.45, 2.75) is 44.0 Å². The first-order chi connectivity index (χ1) is 6.06. The van der Waals surface area contributed by atoms with E-state index < -0.39 is 0 Å². The number of methoxy groups -OCH3 is 1. The first-order valence-corrected chi connectivity index (χ1v) is 5.94. The maximum absolute atomic E-state index is 5.05. The normalized spacial score (nSPS) is 28.2. The molecule has 0 amide bonds. The standard InChI is InChI=1S/C10H21NOS/c1-8(5-6-12-4)11-9-7-13-10(9,2)3/h8-9,11H,5-7H2,1-4H3. The quantitative estimate of drug-likeness (QED) is 0.737. The van der Waals surface area contributed by atoms with Crippen LogP contribution < -0.4 is 5.32 Å². The van der Waals surface area contributed by atoms with Crippen molar-refractivity contribution >= 4 is 11.8 Å². The van der Waals surface area contributed by atoms with Crippen molar-refractivity contribution in [1.82, 2.24) is 5.32 Å². The second kappa shape index (κ2) is 4.67. The van der Waals surface area contributed by atoms with Gasteiger partial charge in [0.1, 0.15) is 0 Å². The van der Waals surface area contributed by atoms with Crippen LogP contribution in [0.15, 0.2) is 0 Å². The zero-order valence-electron chi connectivity index (χ0n) is 9.09. The zero-order valence-corrected chi connectivity index (χ0v) is 9.91. The molecule has 0 aromatic rings. The molecule has 1 saturated heterocycles. The molecule has 0 spiro atoms. The Balaban J connectivity index is 2.17. The number of rotatable bonds is 5. The van der Waals surface area contributed by atoms with Gasteiger partial charge in [0.2, 0.25) is 0 Å². The van der Waals surface area contributed by atoms with Gasteiger partial charge in [-0.05, 0) is 27.2 Å². The molecule has 0 aliphatic carbocycles. The Hall–Kier alpha value is 0.270. The first-order valence-electron chi connectivity index (χ1n) is 4.95. The lowest BCUT2D eigenvalue weighted by Crippen LogP contribution is -2.57. The summed E-state index contributed by atoms with van der Waals surface area (Å²) in [5, 5.41) is 3.64. The van der Waals surface area contributed by atoms with Gasteiger partial charge in [0.25, 0.3) is 0 Å². The smallest absolute Gasteiger partial charge is 0.0476 e. The van der Waals surface area contributed by atoms with E-state index in [0.717, 1.165) is 13.0 Å². The Bertz CT molecular complexity index is 161. The molecular weight excluding hydrogens is 182 g/mol. The number of ether oxygens (including phenoxy) is 1.